The molecule has 0 heterocycles. The Morgan fingerprint density at radius 1 is 1.60 bits per heavy atom. The summed E-state index contributed by atoms with van der Waals surface area (Å²) in [7, 11) is 0. The van der Waals surface area contributed by atoms with Gasteiger partial charge in [0, 0.05) is 0 Å². The molecule has 10 heavy (non-hydrogen) atoms. The average molecular weight is 132 g/mol. The van der Waals surface area contributed by atoms with Crippen molar-refractivity contribution < 1.29 is 0 Å². The van der Waals surface area contributed by atoms with Gasteiger partial charge in [0.1, 0.15) is 0 Å². The Balaban J connectivity index is 3.56. The van der Waals surface area contributed by atoms with E-state index in [1.165, 1.54) is 6.42 Å². The number of unbranched alkanes of at least 4 members (excludes halogenated alkanes) is 1. The largest absolute Gasteiger partial charge is 0.106 e. The maximum Gasteiger partial charge on any atom is -0.00412 e. The van der Waals surface area contributed by atoms with Gasteiger partial charge < -0.3 is 0 Å². The Labute approximate surface area is 63.3 Å². The molecule has 0 aromatic carbocycles. The average Bonchev–Trinajstić information content (AvgIpc) is 1.97. The van der Waals surface area contributed by atoms with Crippen LogP contribution in [0.3, 0.4) is 0 Å². The molecule has 0 fully saturated rings. The molecule has 0 atom stereocenters. The summed E-state index contributed by atoms with van der Waals surface area (Å²) in [5.41, 5.74) is 0.944. The second kappa shape index (κ2) is 5.99. The summed E-state index contributed by atoms with van der Waals surface area (Å²) in [4.78, 5) is 0. The highest BCUT2D eigenvalue weighted by atomic mass is 13.9. The topological polar surface area (TPSA) is 0 Å². The molecule has 0 unspecified atom stereocenters. The monoisotopic (exact) mass is 132 g/mol. The van der Waals surface area contributed by atoms with Gasteiger partial charge in [-0.1, -0.05) is 25.8 Å². The van der Waals surface area contributed by atoms with Crippen molar-refractivity contribution in [3.8, 4) is 24.2 Å². The molecule has 0 spiro atoms. The van der Waals surface area contributed by atoms with Crippen molar-refractivity contribution in [2.24, 2.45) is 0 Å². The molecule has 0 heteroatoms. The van der Waals surface area contributed by atoms with E-state index in [1.54, 1.807) is 0 Å². The van der Waals surface area contributed by atoms with E-state index in [4.69, 9.17) is 6.42 Å². The lowest BCUT2D eigenvalue weighted by atomic mass is 10.1. The van der Waals surface area contributed by atoms with Crippen LogP contribution in [0.4, 0.5) is 0 Å². The van der Waals surface area contributed by atoms with Crippen molar-refractivity contribution in [1.82, 2.24) is 0 Å². The maximum absolute atomic E-state index is 4.94. The molecule has 0 aromatic heterocycles. The number of hydrogen-bond acceptors (Lipinski definition) is 0. The minimum Gasteiger partial charge on any atom is -0.106 e. The second-order valence-electron chi connectivity index (χ2n) is 2.10. The standard InChI is InChI=1S/C10H12/c1-4-6-8-10(3)9-7-5-2/h1H,3,5,7,9H2,2H3. The Bertz CT molecular complexity index is 192. The zero-order chi connectivity index (χ0) is 7.82. The van der Waals surface area contributed by atoms with Gasteiger partial charge in [-0.3, -0.25) is 0 Å². The summed E-state index contributed by atoms with van der Waals surface area (Å²) in [5, 5.41) is 0. The van der Waals surface area contributed by atoms with E-state index in [0.29, 0.717) is 0 Å². The predicted octanol–water partition coefficient (Wildman–Crippen LogP) is 2.37. The highest BCUT2D eigenvalue weighted by Gasteiger charge is 1.85. The molecule has 0 radical (unpaired) electrons. The molecule has 0 aliphatic carbocycles. The molecule has 0 rings (SSSR count). The molecule has 0 saturated heterocycles. The molecule has 0 aliphatic rings. The van der Waals surface area contributed by atoms with Crippen molar-refractivity contribution in [1.29, 1.82) is 0 Å². The lowest BCUT2D eigenvalue weighted by Crippen LogP contribution is -1.75. The number of terminal acetylenes is 1. The van der Waals surface area contributed by atoms with Crippen LogP contribution in [-0.2, 0) is 0 Å². The van der Waals surface area contributed by atoms with Gasteiger partial charge in [0.15, 0.2) is 0 Å². The van der Waals surface area contributed by atoms with Crippen molar-refractivity contribution >= 4 is 0 Å². The number of hydrogen-bond donors (Lipinski definition) is 0. The smallest absolute Gasteiger partial charge is 0.00412 e. The first-order valence-electron chi connectivity index (χ1n) is 3.45. The van der Waals surface area contributed by atoms with Crippen LogP contribution in [-0.4, -0.2) is 0 Å². The third-order valence-electron chi connectivity index (χ3n) is 1.14. The molecule has 0 aromatic rings. The highest BCUT2D eigenvalue weighted by Crippen LogP contribution is 2.02. The molecule has 52 valence electrons. The Morgan fingerprint density at radius 3 is 2.80 bits per heavy atom. The Kier molecular flexibility index (Phi) is 5.30. The SMILES string of the molecule is C#CC#CC(=C)CCCC. The summed E-state index contributed by atoms with van der Waals surface area (Å²) in [6.07, 6.45) is 8.25. The van der Waals surface area contributed by atoms with Crippen LogP contribution in [0.1, 0.15) is 26.2 Å². The van der Waals surface area contributed by atoms with E-state index >= 15 is 0 Å². The zero-order valence-corrected chi connectivity index (χ0v) is 6.41. The van der Waals surface area contributed by atoms with Crippen molar-refractivity contribution in [2.45, 2.75) is 26.2 Å². The first-order chi connectivity index (χ1) is 4.81. The fourth-order valence-corrected chi connectivity index (χ4v) is 0.577. The van der Waals surface area contributed by atoms with Crippen LogP contribution in [0, 0.1) is 24.2 Å². The van der Waals surface area contributed by atoms with Gasteiger partial charge in [0.25, 0.3) is 0 Å². The summed E-state index contributed by atoms with van der Waals surface area (Å²) in [6, 6.07) is 0. The Morgan fingerprint density at radius 2 is 2.30 bits per heavy atom. The first-order valence-corrected chi connectivity index (χ1v) is 3.45. The zero-order valence-electron chi connectivity index (χ0n) is 6.41. The molecule has 0 bridgehead atoms. The summed E-state index contributed by atoms with van der Waals surface area (Å²) < 4.78 is 0. The summed E-state index contributed by atoms with van der Waals surface area (Å²) >= 11 is 0. The normalized spacial score (nSPS) is 7.20. The lowest BCUT2D eigenvalue weighted by Gasteiger charge is -1.91. The van der Waals surface area contributed by atoms with Crippen molar-refractivity contribution in [3.63, 3.8) is 0 Å². The van der Waals surface area contributed by atoms with Crippen LogP contribution >= 0.6 is 0 Å². The van der Waals surface area contributed by atoms with Gasteiger partial charge in [-0.25, -0.2) is 0 Å². The van der Waals surface area contributed by atoms with Crippen LogP contribution < -0.4 is 0 Å². The fourth-order valence-electron chi connectivity index (χ4n) is 0.577. The van der Waals surface area contributed by atoms with Gasteiger partial charge >= 0.3 is 0 Å². The van der Waals surface area contributed by atoms with Crippen molar-refractivity contribution in [3.05, 3.63) is 12.2 Å². The van der Waals surface area contributed by atoms with E-state index in [2.05, 4.69) is 31.3 Å². The molecule has 0 nitrogen and oxygen atoms in total. The van der Waals surface area contributed by atoms with E-state index in [1.807, 2.05) is 0 Å². The van der Waals surface area contributed by atoms with Gasteiger partial charge in [-0.15, -0.1) is 6.42 Å². The van der Waals surface area contributed by atoms with Gasteiger partial charge in [0.05, 0.1) is 0 Å². The van der Waals surface area contributed by atoms with E-state index in [-0.39, 0.29) is 0 Å². The lowest BCUT2D eigenvalue weighted by molar-refractivity contribution is 0.802. The van der Waals surface area contributed by atoms with E-state index in [0.717, 1.165) is 18.4 Å². The van der Waals surface area contributed by atoms with Gasteiger partial charge in [-0.05, 0) is 30.3 Å². The van der Waals surface area contributed by atoms with Gasteiger partial charge in [0.2, 0.25) is 0 Å². The maximum atomic E-state index is 4.94. The third-order valence-corrected chi connectivity index (χ3v) is 1.14. The molecular formula is C10H12. The minimum absolute atomic E-state index is 0.944. The predicted molar refractivity (Wildman–Crippen MR) is 45.3 cm³/mol. The van der Waals surface area contributed by atoms with Crippen LogP contribution in [0.25, 0.3) is 0 Å². The van der Waals surface area contributed by atoms with Gasteiger partial charge in [-0.2, -0.15) is 0 Å². The first kappa shape index (κ1) is 8.86. The quantitative estimate of drug-likeness (QED) is 0.517. The molecule has 0 aliphatic heterocycles. The highest BCUT2D eigenvalue weighted by molar-refractivity contribution is 5.33. The van der Waals surface area contributed by atoms with E-state index < -0.39 is 0 Å². The molecule has 0 amide bonds. The molecule has 0 saturated carbocycles. The van der Waals surface area contributed by atoms with Crippen LogP contribution in [0.15, 0.2) is 12.2 Å². The van der Waals surface area contributed by atoms with Crippen molar-refractivity contribution in [2.75, 3.05) is 0 Å². The summed E-state index contributed by atoms with van der Waals surface area (Å²) in [5.74, 6) is 7.57. The second-order valence-corrected chi connectivity index (χ2v) is 2.10. The number of allylic oxidation sites excluding steroid dienone is 1. The molecular weight excluding hydrogens is 120 g/mol. The van der Waals surface area contributed by atoms with Crippen LogP contribution in [0.2, 0.25) is 0 Å². The third kappa shape index (κ3) is 5.01. The Hall–Kier alpha value is -1.14. The fraction of sp³-hybridized carbons (Fsp3) is 0.400. The molecule has 0 N–H and O–H groups in total. The minimum atomic E-state index is 0.944. The summed E-state index contributed by atoms with van der Waals surface area (Å²) in [6.45, 7) is 5.90. The number of rotatable bonds is 3. The van der Waals surface area contributed by atoms with Crippen LogP contribution in [0.5, 0.6) is 0 Å². The van der Waals surface area contributed by atoms with E-state index in [9.17, 15) is 0 Å².